The van der Waals surface area contributed by atoms with Crippen LogP contribution < -0.4 is 24.8 Å². The van der Waals surface area contributed by atoms with E-state index in [4.69, 9.17) is 30.6 Å². The van der Waals surface area contributed by atoms with Gasteiger partial charge in [-0.3, -0.25) is 19.1 Å². The van der Waals surface area contributed by atoms with Crippen LogP contribution in [0, 0.1) is 41.4 Å². The number of hydrogen-bond acceptors (Lipinski definition) is 11. The number of fused-ring (bicyclic) bond motifs is 5. The molecule has 0 radical (unpaired) electrons. The van der Waals surface area contributed by atoms with E-state index in [1.54, 1.807) is 45.9 Å². The fraction of sp³-hybridized carbons (Fsp3) is 0.674. The molecular weight excluding hydrogens is 815 g/mol. The molecule has 2 aromatic rings. The Morgan fingerprint density at radius 3 is 2.44 bits per heavy atom. The number of sulfonamides is 1. The average molecular weight is 871 g/mol. The van der Waals surface area contributed by atoms with Crippen LogP contribution in [0.4, 0.5) is 13.6 Å². The molecule has 0 unspecified atom stereocenters. The van der Waals surface area contributed by atoms with Crippen molar-refractivity contribution in [2.75, 3.05) is 13.7 Å². The summed E-state index contributed by atoms with van der Waals surface area (Å²) in [6, 6.07) is 2.58. The monoisotopic (exact) mass is 870 g/mol. The van der Waals surface area contributed by atoms with Crippen molar-refractivity contribution in [2.24, 2.45) is 29.1 Å². The summed E-state index contributed by atoms with van der Waals surface area (Å²) >= 11 is 0. The van der Waals surface area contributed by atoms with Gasteiger partial charge in [0.1, 0.15) is 41.3 Å². The van der Waals surface area contributed by atoms with Gasteiger partial charge in [-0.1, -0.05) is 40.5 Å². The highest BCUT2D eigenvalue weighted by atomic mass is 32.2. The molecule has 7 rings (SSSR count). The van der Waals surface area contributed by atoms with Crippen molar-refractivity contribution in [1.82, 2.24) is 30.2 Å². The van der Waals surface area contributed by atoms with Gasteiger partial charge in [0.25, 0.3) is 5.91 Å². The topological polar surface area (TPSA) is 195 Å². The van der Waals surface area contributed by atoms with Crippen LogP contribution in [0.1, 0.15) is 98.1 Å². The van der Waals surface area contributed by atoms with E-state index in [1.165, 1.54) is 18.9 Å². The van der Waals surface area contributed by atoms with Crippen molar-refractivity contribution in [1.29, 1.82) is 0 Å². The number of alkyl carbamates (subject to hydrolysis) is 1. The lowest BCUT2D eigenvalue weighted by molar-refractivity contribution is -0.143. The molecule has 3 heterocycles. The van der Waals surface area contributed by atoms with E-state index in [0.29, 0.717) is 48.2 Å². The van der Waals surface area contributed by atoms with Crippen molar-refractivity contribution in [3.63, 3.8) is 0 Å². The van der Waals surface area contributed by atoms with Crippen LogP contribution in [0.15, 0.2) is 18.2 Å². The molecule has 18 heteroatoms. The number of alkyl halides is 2. The molecule has 2 bridgehead atoms. The van der Waals surface area contributed by atoms with E-state index < -0.39 is 98.5 Å². The highest BCUT2D eigenvalue weighted by Crippen LogP contribution is 2.50. The summed E-state index contributed by atoms with van der Waals surface area (Å²) in [4.78, 5) is 68.0. The van der Waals surface area contributed by atoms with Gasteiger partial charge >= 0.3 is 6.09 Å². The maximum Gasteiger partial charge on any atom is 0.408 e. The van der Waals surface area contributed by atoms with Gasteiger partial charge in [0, 0.05) is 23.8 Å². The maximum atomic E-state index is 14.9. The van der Waals surface area contributed by atoms with Gasteiger partial charge < -0.3 is 29.7 Å². The Labute approximate surface area is 355 Å². The van der Waals surface area contributed by atoms with E-state index in [1.807, 2.05) is 4.72 Å². The number of methoxy groups -OCH3 is 1. The second-order valence-corrected chi connectivity index (χ2v) is 21.0. The number of ether oxygens (including phenoxy) is 3. The van der Waals surface area contributed by atoms with E-state index >= 15 is 0 Å². The average Bonchev–Trinajstić information content (AvgIpc) is 4.06. The lowest BCUT2D eigenvalue weighted by Gasteiger charge is -2.36. The second kappa shape index (κ2) is 16.5. The Bertz CT molecular complexity index is 2230. The van der Waals surface area contributed by atoms with Crippen LogP contribution in [0.3, 0.4) is 0 Å². The number of aromatic nitrogens is 2. The fourth-order valence-corrected chi connectivity index (χ4v) is 10.5. The summed E-state index contributed by atoms with van der Waals surface area (Å²) in [5.74, 6) is -2.06. The lowest BCUT2D eigenvalue weighted by atomic mass is 9.85. The third-order valence-corrected chi connectivity index (χ3v) is 15.6. The number of aryl methyl sites for hydroxylation is 1. The molecule has 2 aliphatic heterocycles. The van der Waals surface area contributed by atoms with Crippen molar-refractivity contribution >= 4 is 44.9 Å². The number of carbonyl (C=O) groups is 4. The molecule has 1 aromatic heterocycles. The number of benzene rings is 1. The number of rotatable bonds is 7. The van der Waals surface area contributed by atoms with E-state index in [2.05, 4.69) is 16.6 Å². The lowest BCUT2D eigenvalue weighted by Crippen LogP contribution is -2.61. The molecule has 9 atom stereocenters. The van der Waals surface area contributed by atoms with E-state index in [-0.39, 0.29) is 37.1 Å². The minimum atomic E-state index is -4.26. The molecule has 1 saturated heterocycles. The Balaban J connectivity index is 1.27. The first kappa shape index (κ1) is 44.3. The van der Waals surface area contributed by atoms with Crippen molar-refractivity contribution < 1.29 is 50.6 Å². The molecule has 61 heavy (non-hydrogen) atoms. The predicted octanol–water partition coefficient (Wildman–Crippen LogP) is 4.66. The molecule has 0 spiro atoms. The summed E-state index contributed by atoms with van der Waals surface area (Å²) in [7, 11) is -2.73. The molecule has 3 saturated carbocycles. The first-order valence-corrected chi connectivity index (χ1v) is 22.6. The quantitative estimate of drug-likeness (QED) is 0.328. The SMILES string of the molecule is C#C[C@H]1CC[C@H]2OC(=O)N[C@@H](C(C)(C)C)C(=O)N3C[C@H](Oc4nc5cc(OC)ccc5nc4CCCCC[C@H]12)[C@@H](C)[C@H]3C(=O)N[C@]1(C(=O)NS(=O)(=O)C2(C)CC2)C[C@H]1C(F)F. The van der Waals surface area contributed by atoms with Gasteiger partial charge in [-0.05, 0) is 75.8 Å². The predicted molar refractivity (Wildman–Crippen MR) is 219 cm³/mol. The number of carbonyl (C=O) groups excluding carboxylic acids is 4. The highest BCUT2D eigenvalue weighted by molar-refractivity contribution is 7.91. The van der Waals surface area contributed by atoms with Crippen molar-refractivity contribution in [3.05, 3.63) is 23.9 Å². The van der Waals surface area contributed by atoms with E-state index in [9.17, 15) is 36.4 Å². The van der Waals surface area contributed by atoms with Gasteiger partial charge in [-0.15, -0.1) is 12.3 Å². The minimum absolute atomic E-state index is 0.0903. The van der Waals surface area contributed by atoms with Crippen molar-refractivity contribution in [2.45, 2.75) is 140 Å². The highest BCUT2D eigenvalue weighted by Gasteiger charge is 2.67. The first-order chi connectivity index (χ1) is 28.7. The Morgan fingerprint density at radius 2 is 1.80 bits per heavy atom. The number of amides is 4. The smallest absolute Gasteiger partial charge is 0.408 e. The number of nitrogens with one attached hydrogen (secondary N) is 3. The third kappa shape index (κ3) is 8.68. The number of halogens is 2. The zero-order chi connectivity index (χ0) is 44.2. The first-order valence-electron chi connectivity index (χ1n) is 21.1. The number of nitrogens with zero attached hydrogens (tertiary/aromatic N) is 3. The maximum absolute atomic E-state index is 14.9. The van der Waals surface area contributed by atoms with Crippen LogP contribution in [-0.4, -0.2) is 102 Å². The molecule has 332 valence electrons. The van der Waals surface area contributed by atoms with Crippen LogP contribution in [0.25, 0.3) is 11.0 Å². The standard InChI is InChI=1S/C43H56F2N6O9S/c1-8-24-14-17-31-26(24)12-10-9-11-13-29-37(47-30-20-25(58-7)15-16-28(30)46-29)59-32-22-51(38(53)34(41(3,4)5)48-40(55)60-31)33(23(32)2)36(52)49-43(21-27(43)35(44)45)39(54)50-61(56,57)42(6)18-19-42/h1,15-16,20,23-24,26-27,31-35H,9-14,17-19,21-22H2,2-7H3,(H,48,55)(H,49,52)(H,50,54)/t23-,24+,26-,27+,31-,32+,33+,34-,43-/m1/s1. The Hall–Kier alpha value is -4.79. The zero-order valence-electron chi connectivity index (χ0n) is 35.5. The molecular formula is C43H56F2N6O9S. The van der Waals surface area contributed by atoms with Gasteiger partial charge in [0.05, 0.1) is 35.4 Å². The minimum Gasteiger partial charge on any atom is -0.497 e. The van der Waals surface area contributed by atoms with Crippen molar-refractivity contribution in [3.8, 4) is 24.0 Å². The largest absolute Gasteiger partial charge is 0.497 e. The molecule has 3 N–H and O–H groups in total. The summed E-state index contributed by atoms with van der Waals surface area (Å²) < 4.78 is 73.7. The number of terminal acetylenes is 1. The van der Waals surface area contributed by atoms with Crippen LogP contribution >= 0.6 is 0 Å². The van der Waals surface area contributed by atoms with Gasteiger partial charge in [-0.25, -0.2) is 32.0 Å². The summed E-state index contributed by atoms with van der Waals surface area (Å²) in [5, 5.41) is 5.25. The van der Waals surface area contributed by atoms with Gasteiger partial charge in [0.15, 0.2) is 0 Å². The van der Waals surface area contributed by atoms with Gasteiger partial charge in [-0.2, -0.15) is 0 Å². The normalized spacial score (nSPS) is 31.6. The van der Waals surface area contributed by atoms with Crippen LogP contribution in [0.5, 0.6) is 11.6 Å². The van der Waals surface area contributed by atoms with Crippen LogP contribution in [-0.2, 0) is 35.6 Å². The molecule has 1 aromatic carbocycles. The summed E-state index contributed by atoms with van der Waals surface area (Å²) in [6.45, 7) is 8.10. The van der Waals surface area contributed by atoms with E-state index in [0.717, 1.165) is 19.3 Å². The molecule has 4 fully saturated rings. The second-order valence-electron chi connectivity index (χ2n) is 18.8. The molecule has 3 aliphatic carbocycles. The Morgan fingerprint density at radius 1 is 1.07 bits per heavy atom. The molecule has 4 amide bonds. The van der Waals surface area contributed by atoms with Crippen LogP contribution in [0.2, 0.25) is 0 Å². The third-order valence-electron chi connectivity index (χ3n) is 13.5. The molecule has 5 aliphatic rings. The zero-order valence-corrected chi connectivity index (χ0v) is 36.3. The summed E-state index contributed by atoms with van der Waals surface area (Å²) in [5.41, 5.74) is -1.58. The molecule has 15 nitrogen and oxygen atoms in total. The Kier molecular flexibility index (Phi) is 12.0. The fourth-order valence-electron chi connectivity index (χ4n) is 9.15. The summed E-state index contributed by atoms with van der Waals surface area (Å²) in [6.07, 6.45) is 5.42. The van der Waals surface area contributed by atoms with Gasteiger partial charge in [0.2, 0.25) is 34.1 Å². The number of hydrogen-bond donors (Lipinski definition) is 3.